The standard InChI is InChI=1S/C45H27N3O/c1-2-13-35-33(11-1)34-12-3-4-14-36(34)39-25-30(21-22-37(35)39)28-17-19-29(20-18-28)43-45-42(38-15-5-6-16-40(38)48-43)41(31-9-7-23-46-26-31)44(49-45)32-10-8-24-47-27-32/h1-27H. The summed E-state index contributed by atoms with van der Waals surface area (Å²) in [6.07, 6.45) is 7.31. The highest BCUT2D eigenvalue weighted by atomic mass is 16.3. The van der Waals surface area contributed by atoms with Gasteiger partial charge in [-0.3, -0.25) is 9.97 Å². The fourth-order valence-electron chi connectivity index (χ4n) is 7.40. The number of benzene rings is 6. The summed E-state index contributed by atoms with van der Waals surface area (Å²) in [5.74, 6) is 0.753. The van der Waals surface area contributed by atoms with E-state index < -0.39 is 0 Å². The van der Waals surface area contributed by atoms with Gasteiger partial charge in [0.2, 0.25) is 0 Å². The van der Waals surface area contributed by atoms with Gasteiger partial charge in [0, 0.05) is 57.8 Å². The van der Waals surface area contributed by atoms with Crippen LogP contribution in [0.15, 0.2) is 169 Å². The minimum absolute atomic E-state index is 0.744. The van der Waals surface area contributed by atoms with E-state index in [4.69, 9.17) is 9.40 Å². The quantitative estimate of drug-likeness (QED) is 0.183. The van der Waals surface area contributed by atoms with Gasteiger partial charge < -0.3 is 4.42 Å². The molecule has 0 saturated heterocycles. The third-order valence-corrected chi connectivity index (χ3v) is 9.64. The summed E-state index contributed by atoms with van der Waals surface area (Å²) in [4.78, 5) is 14.1. The average molecular weight is 626 g/mol. The number of hydrogen-bond acceptors (Lipinski definition) is 4. The molecule has 228 valence electrons. The van der Waals surface area contributed by atoms with Gasteiger partial charge in [-0.2, -0.15) is 0 Å². The van der Waals surface area contributed by atoms with Crippen LogP contribution in [0.4, 0.5) is 0 Å². The molecule has 6 aromatic carbocycles. The highest BCUT2D eigenvalue weighted by Crippen LogP contribution is 2.46. The molecule has 0 atom stereocenters. The van der Waals surface area contributed by atoms with E-state index in [9.17, 15) is 0 Å². The monoisotopic (exact) mass is 625 g/mol. The van der Waals surface area contributed by atoms with E-state index in [2.05, 4.69) is 125 Å². The zero-order chi connectivity index (χ0) is 32.3. The van der Waals surface area contributed by atoms with E-state index in [-0.39, 0.29) is 0 Å². The van der Waals surface area contributed by atoms with Gasteiger partial charge in [-0.25, -0.2) is 4.98 Å². The molecule has 0 radical (unpaired) electrons. The Morgan fingerprint density at radius 2 is 0.959 bits per heavy atom. The first kappa shape index (κ1) is 27.5. The van der Waals surface area contributed by atoms with Crippen LogP contribution in [-0.4, -0.2) is 15.0 Å². The first-order valence-corrected chi connectivity index (χ1v) is 16.4. The van der Waals surface area contributed by atoms with Gasteiger partial charge in [0.1, 0.15) is 11.5 Å². The molecule has 10 rings (SSSR count). The molecule has 0 aliphatic carbocycles. The molecular formula is C45H27N3O. The van der Waals surface area contributed by atoms with Gasteiger partial charge in [0.25, 0.3) is 0 Å². The Balaban J connectivity index is 1.17. The van der Waals surface area contributed by atoms with Crippen LogP contribution < -0.4 is 0 Å². The van der Waals surface area contributed by atoms with Crippen LogP contribution in [0.1, 0.15) is 0 Å². The summed E-state index contributed by atoms with van der Waals surface area (Å²) >= 11 is 0. The molecule has 0 spiro atoms. The third kappa shape index (κ3) is 4.35. The topological polar surface area (TPSA) is 51.8 Å². The van der Waals surface area contributed by atoms with Crippen molar-refractivity contribution in [1.82, 2.24) is 15.0 Å². The van der Waals surface area contributed by atoms with Crippen molar-refractivity contribution in [3.8, 4) is 44.8 Å². The van der Waals surface area contributed by atoms with E-state index in [1.165, 1.54) is 37.9 Å². The normalized spacial score (nSPS) is 11.7. The fourth-order valence-corrected chi connectivity index (χ4v) is 7.40. The number of furan rings is 1. The summed E-state index contributed by atoms with van der Waals surface area (Å²) in [7, 11) is 0. The summed E-state index contributed by atoms with van der Waals surface area (Å²) in [5.41, 5.74) is 8.63. The Bertz CT molecular complexity index is 2820. The number of fused-ring (bicyclic) bond motifs is 9. The lowest BCUT2D eigenvalue weighted by atomic mass is 9.92. The number of para-hydroxylation sites is 1. The van der Waals surface area contributed by atoms with Crippen molar-refractivity contribution in [2.24, 2.45) is 0 Å². The van der Waals surface area contributed by atoms with Gasteiger partial charge in [-0.05, 0) is 73.8 Å². The van der Waals surface area contributed by atoms with E-state index in [1.807, 2.05) is 36.7 Å². The zero-order valence-corrected chi connectivity index (χ0v) is 26.3. The highest BCUT2D eigenvalue weighted by molar-refractivity contribution is 6.25. The van der Waals surface area contributed by atoms with Gasteiger partial charge in [0.15, 0.2) is 5.58 Å². The van der Waals surface area contributed by atoms with Crippen LogP contribution in [0.2, 0.25) is 0 Å². The second-order valence-electron chi connectivity index (χ2n) is 12.4. The predicted octanol–water partition coefficient (Wildman–Crippen LogP) is 11.9. The second-order valence-corrected chi connectivity index (χ2v) is 12.4. The number of nitrogens with zero attached hydrogens (tertiary/aromatic N) is 3. The lowest BCUT2D eigenvalue weighted by Crippen LogP contribution is -1.89. The molecule has 0 saturated carbocycles. The van der Waals surface area contributed by atoms with E-state index in [1.54, 1.807) is 12.4 Å². The second kappa shape index (κ2) is 11.0. The lowest BCUT2D eigenvalue weighted by Gasteiger charge is -2.12. The van der Waals surface area contributed by atoms with Crippen molar-refractivity contribution in [3.63, 3.8) is 0 Å². The molecule has 4 nitrogen and oxygen atoms in total. The van der Waals surface area contributed by atoms with E-state index in [0.717, 1.165) is 61.1 Å². The molecule has 4 heteroatoms. The molecule has 4 aromatic heterocycles. The average Bonchev–Trinajstić information content (AvgIpc) is 3.60. The maximum Gasteiger partial charge on any atom is 0.162 e. The zero-order valence-electron chi connectivity index (χ0n) is 26.3. The maximum atomic E-state index is 6.84. The number of hydrogen-bond donors (Lipinski definition) is 0. The molecule has 0 amide bonds. The van der Waals surface area contributed by atoms with E-state index in [0.29, 0.717) is 0 Å². The Hall–Kier alpha value is -6.65. The van der Waals surface area contributed by atoms with Crippen molar-refractivity contribution < 1.29 is 4.42 Å². The Morgan fingerprint density at radius 1 is 0.408 bits per heavy atom. The van der Waals surface area contributed by atoms with Crippen LogP contribution in [0.3, 0.4) is 0 Å². The Kier molecular flexibility index (Phi) is 6.15. The Labute approximate surface area is 282 Å². The van der Waals surface area contributed by atoms with Gasteiger partial charge in [0.05, 0.1) is 5.52 Å². The fraction of sp³-hybridized carbons (Fsp3) is 0. The van der Waals surface area contributed by atoms with Crippen LogP contribution >= 0.6 is 0 Å². The van der Waals surface area contributed by atoms with Crippen molar-refractivity contribution >= 4 is 54.2 Å². The molecule has 0 unspecified atom stereocenters. The van der Waals surface area contributed by atoms with Crippen molar-refractivity contribution in [1.29, 1.82) is 0 Å². The molecule has 49 heavy (non-hydrogen) atoms. The molecule has 4 heterocycles. The number of aromatic nitrogens is 3. The summed E-state index contributed by atoms with van der Waals surface area (Å²) in [5, 5.41) is 9.69. The van der Waals surface area contributed by atoms with Crippen LogP contribution in [0.5, 0.6) is 0 Å². The highest BCUT2D eigenvalue weighted by Gasteiger charge is 2.24. The summed E-state index contributed by atoms with van der Waals surface area (Å²) in [6.45, 7) is 0. The van der Waals surface area contributed by atoms with Crippen LogP contribution in [0.25, 0.3) is 99.0 Å². The molecule has 10 aromatic rings. The smallest absolute Gasteiger partial charge is 0.162 e. The van der Waals surface area contributed by atoms with Gasteiger partial charge >= 0.3 is 0 Å². The molecular weight excluding hydrogens is 599 g/mol. The van der Waals surface area contributed by atoms with Gasteiger partial charge in [-0.15, -0.1) is 0 Å². The first-order chi connectivity index (χ1) is 24.3. The molecule has 0 aliphatic rings. The minimum atomic E-state index is 0.744. The number of rotatable bonds is 4. The first-order valence-electron chi connectivity index (χ1n) is 16.4. The molecule has 0 fully saturated rings. The predicted molar refractivity (Wildman–Crippen MR) is 201 cm³/mol. The van der Waals surface area contributed by atoms with Crippen molar-refractivity contribution in [2.75, 3.05) is 0 Å². The molecule has 0 N–H and O–H groups in total. The Morgan fingerprint density at radius 3 is 1.61 bits per heavy atom. The van der Waals surface area contributed by atoms with Gasteiger partial charge in [-0.1, -0.05) is 109 Å². The molecule has 0 bridgehead atoms. The lowest BCUT2D eigenvalue weighted by molar-refractivity contribution is 0.632. The SMILES string of the molecule is c1cncc(-c2oc3c(-c4ccc(-c5ccc6c7ccccc7c7ccccc7c6c5)cc4)nc4ccccc4c3c2-c2cccnc2)c1. The summed E-state index contributed by atoms with van der Waals surface area (Å²) < 4.78 is 6.84. The maximum absolute atomic E-state index is 6.84. The third-order valence-electron chi connectivity index (χ3n) is 9.64. The van der Waals surface area contributed by atoms with Crippen molar-refractivity contribution in [2.45, 2.75) is 0 Å². The van der Waals surface area contributed by atoms with Crippen molar-refractivity contribution in [3.05, 3.63) is 164 Å². The minimum Gasteiger partial charge on any atom is -0.453 e. The number of pyridine rings is 3. The van der Waals surface area contributed by atoms with Crippen LogP contribution in [-0.2, 0) is 0 Å². The molecule has 0 aliphatic heterocycles. The van der Waals surface area contributed by atoms with E-state index >= 15 is 0 Å². The summed E-state index contributed by atoms with van der Waals surface area (Å²) in [6, 6.07) is 49.2. The largest absolute Gasteiger partial charge is 0.453 e. The van der Waals surface area contributed by atoms with Crippen LogP contribution in [0, 0.1) is 0 Å².